The summed E-state index contributed by atoms with van der Waals surface area (Å²) in [6.45, 7) is 8.35. The Morgan fingerprint density at radius 3 is 2.62 bits per heavy atom. The van der Waals surface area contributed by atoms with Crippen LogP contribution in [0, 0.1) is 28.6 Å². The molecule has 0 radical (unpaired) electrons. The number of carbonyl (C=O) groups is 1. The van der Waals surface area contributed by atoms with E-state index in [-0.39, 0.29) is 29.1 Å². The van der Waals surface area contributed by atoms with Crippen molar-refractivity contribution in [3.63, 3.8) is 0 Å². The summed E-state index contributed by atoms with van der Waals surface area (Å²) in [7, 11) is 2.01. The van der Waals surface area contributed by atoms with E-state index in [0.717, 1.165) is 30.0 Å². The number of nitriles is 1. The lowest BCUT2D eigenvalue weighted by molar-refractivity contribution is -0.128. The van der Waals surface area contributed by atoms with Gasteiger partial charge in [0, 0.05) is 29.5 Å². The number of rotatable bonds is 3. The Hall–Kier alpha value is -3.39. The lowest BCUT2D eigenvalue weighted by atomic mass is 9.52. The predicted molar refractivity (Wildman–Crippen MR) is 131 cm³/mol. The molecule has 0 N–H and O–H groups in total. The van der Waals surface area contributed by atoms with Gasteiger partial charge in [0.05, 0.1) is 11.3 Å². The largest absolute Gasteiger partial charge is 0.458 e. The van der Waals surface area contributed by atoms with Crippen LogP contribution < -0.4 is 4.74 Å². The average Bonchev–Trinajstić information content (AvgIpc) is 3.14. The minimum atomic E-state index is -0.589. The van der Waals surface area contributed by atoms with Crippen LogP contribution in [0.25, 0.3) is 0 Å². The van der Waals surface area contributed by atoms with E-state index >= 15 is 0 Å². The van der Waals surface area contributed by atoms with E-state index in [0.29, 0.717) is 0 Å². The van der Waals surface area contributed by atoms with Crippen LogP contribution in [-0.4, -0.2) is 15.6 Å². The zero-order chi connectivity index (χ0) is 24.3. The molecule has 2 aromatic rings. The van der Waals surface area contributed by atoms with Crippen molar-refractivity contribution in [1.29, 1.82) is 5.26 Å². The first kappa shape index (κ1) is 22.4. The number of benzene rings is 1. The van der Waals surface area contributed by atoms with Crippen molar-refractivity contribution in [2.24, 2.45) is 24.3 Å². The highest BCUT2D eigenvalue weighted by Crippen LogP contribution is 2.55. The molecule has 34 heavy (non-hydrogen) atoms. The Morgan fingerprint density at radius 1 is 1.21 bits per heavy atom. The lowest BCUT2D eigenvalue weighted by Crippen LogP contribution is -2.51. The molecule has 0 fully saturated rings. The Morgan fingerprint density at radius 2 is 1.94 bits per heavy atom. The van der Waals surface area contributed by atoms with Crippen molar-refractivity contribution >= 4 is 5.78 Å². The van der Waals surface area contributed by atoms with Gasteiger partial charge in [-0.3, -0.25) is 9.48 Å². The first-order valence-corrected chi connectivity index (χ1v) is 12.0. The predicted octanol–water partition coefficient (Wildman–Crippen LogP) is 5.55. The summed E-state index contributed by atoms with van der Waals surface area (Å²) < 4.78 is 8.08. The van der Waals surface area contributed by atoms with E-state index < -0.39 is 10.8 Å². The minimum Gasteiger partial charge on any atom is -0.458 e. The average molecular weight is 454 g/mol. The fourth-order valence-electron chi connectivity index (χ4n) is 6.49. The summed E-state index contributed by atoms with van der Waals surface area (Å²) in [5.74, 6) is 2.18. The molecule has 3 aliphatic carbocycles. The highest BCUT2D eigenvalue weighted by atomic mass is 16.5. The number of nitrogens with zero attached hydrogens (tertiary/aromatic N) is 3. The van der Waals surface area contributed by atoms with Crippen LogP contribution in [0.3, 0.4) is 0 Å². The maximum Gasteiger partial charge on any atom is 0.178 e. The highest BCUT2D eigenvalue weighted by Gasteiger charge is 2.55. The van der Waals surface area contributed by atoms with Crippen molar-refractivity contribution in [2.75, 3.05) is 0 Å². The van der Waals surface area contributed by atoms with Crippen molar-refractivity contribution in [2.45, 2.75) is 51.9 Å². The van der Waals surface area contributed by atoms with Gasteiger partial charge in [0.25, 0.3) is 0 Å². The molecule has 0 saturated heterocycles. The summed E-state index contributed by atoms with van der Waals surface area (Å²) in [5, 5.41) is 14.7. The zero-order valence-electron chi connectivity index (χ0n) is 20.5. The molecule has 174 valence electrons. The van der Waals surface area contributed by atoms with Gasteiger partial charge >= 0.3 is 0 Å². The van der Waals surface area contributed by atoms with E-state index in [1.165, 1.54) is 11.3 Å². The Balaban J connectivity index is 1.52. The van der Waals surface area contributed by atoms with E-state index in [1.807, 2.05) is 62.0 Å². The van der Waals surface area contributed by atoms with Crippen LogP contribution >= 0.6 is 0 Å². The van der Waals surface area contributed by atoms with Crippen LogP contribution in [0.2, 0.25) is 0 Å². The molecule has 0 amide bonds. The molecule has 5 heteroatoms. The topological polar surface area (TPSA) is 67.9 Å². The number of para-hydroxylation sites is 1. The Bertz CT molecular complexity index is 1290. The lowest BCUT2D eigenvalue weighted by Gasteiger charge is -2.49. The van der Waals surface area contributed by atoms with Crippen LogP contribution in [-0.2, 0) is 23.7 Å². The number of carbonyl (C=O) groups excluding carboxylic acids is 1. The molecule has 0 spiro atoms. The smallest absolute Gasteiger partial charge is 0.178 e. The first-order valence-electron chi connectivity index (χ1n) is 12.0. The number of aromatic nitrogens is 2. The van der Waals surface area contributed by atoms with E-state index in [1.54, 1.807) is 0 Å². The number of ketones is 1. The molecule has 1 aromatic carbocycles. The van der Waals surface area contributed by atoms with Gasteiger partial charge in [-0.2, -0.15) is 10.4 Å². The number of allylic oxidation sites excluding steroid dienone is 5. The van der Waals surface area contributed by atoms with Gasteiger partial charge in [0.1, 0.15) is 17.6 Å². The summed E-state index contributed by atoms with van der Waals surface area (Å²) >= 11 is 0. The van der Waals surface area contributed by atoms with Crippen molar-refractivity contribution in [3.05, 3.63) is 82.9 Å². The van der Waals surface area contributed by atoms with Crippen LogP contribution in [0.4, 0.5) is 0 Å². The number of Topliss-reactive ketones (excluding diaryl/α,β-unsaturated/α-hetero) is 1. The quantitative estimate of drug-likeness (QED) is 0.611. The van der Waals surface area contributed by atoms with Gasteiger partial charge in [0.2, 0.25) is 0 Å². The molecular formula is C29H31N3O2. The second-order valence-corrected chi connectivity index (χ2v) is 10.7. The number of fused-ring (bicyclic) bond motifs is 3. The molecule has 4 atom stereocenters. The molecular weight excluding hydrogens is 422 g/mol. The number of aryl methyl sites for hydroxylation is 1. The number of hydrogen-bond donors (Lipinski definition) is 0. The second-order valence-electron chi connectivity index (χ2n) is 10.7. The molecule has 2 unspecified atom stereocenters. The summed E-state index contributed by atoms with van der Waals surface area (Å²) in [5.41, 5.74) is 2.74. The SMILES string of the molecule is CC1C=C(Oc2ccccc2)C=CC1c1c2c(nn1C)[C@@]1(C)C=C(C#N)C(=O)C(C)(C)[C@@H]1CC2. The van der Waals surface area contributed by atoms with Gasteiger partial charge in [-0.15, -0.1) is 0 Å². The second kappa shape index (κ2) is 7.84. The monoisotopic (exact) mass is 453 g/mol. The van der Waals surface area contributed by atoms with Crippen molar-refractivity contribution in [1.82, 2.24) is 9.78 Å². The van der Waals surface area contributed by atoms with E-state index in [4.69, 9.17) is 9.84 Å². The fraction of sp³-hybridized carbons (Fsp3) is 0.414. The standard InChI is InChI=1S/C29H31N3O2/c1-18-15-21(34-20-9-7-6-8-10-20)11-12-22(18)25-23-13-14-24-28(2,3)27(33)19(17-30)16-29(24,4)26(23)31-32(25)5/h6-12,15-16,18,22,24H,13-14H2,1-5H3/t18?,22?,24-,29-/m0/s1. The Labute approximate surface area is 201 Å². The van der Waals surface area contributed by atoms with E-state index in [2.05, 4.69) is 38.1 Å². The first-order chi connectivity index (χ1) is 16.2. The molecule has 0 saturated carbocycles. The Kier molecular flexibility index (Phi) is 5.16. The molecule has 0 aliphatic heterocycles. The van der Waals surface area contributed by atoms with Gasteiger partial charge < -0.3 is 4.74 Å². The highest BCUT2D eigenvalue weighted by molar-refractivity contribution is 6.04. The molecule has 0 bridgehead atoms. The van der Waals surface area contributed by atoms with Crippen LogP contribution in [0.5, 0.6) is 5.75 Å². The van der Waals surface area contributed by atoms with Crippen molar-refractivity contribution in [3.8, 4) is 11.8 Å². The van der Waals surface area contributed by atoms with Gasteiger partial charge in [0.15, 0.2) is 5.78 Å². The van der Waals surface area contributed by atoms with E-state index in [9.17, 15) is 10.1 Å². The summed E-state index contributed by atoms with van der Waals surface area (Å²) in [6.07, 6.45) is 10.1. The molecule has 3 aliphatic rings. The number of ether oxygens (including phenoxy) is 1. The normalized spacial score (nSPS) is 29.4. The molecule has 1 aromatic heterocycles. The van der Waals surface area contributed by atoms with Crippen LogP contribution in [0.15, 0.2) is 66.0 Å². The van der Waals surface area contributed by atoms with Gasteiger partial charge in [-0.25, -0.2) is 0 Å². The molecule has 5 nitrogen and oxygen atoms in total. The fourth-order valence-corrected chi connectivity index (χ4v) is 6.49. The molecule has 5 rings (SSSR count). The van der Waals surface area contributed by atoms with Crippen LogP contribution in [0.1, 0.15) is 57.0 Å². The zero-order valence-corrected chi connectivity index (χ0v) is 20.5. The maximum absolute atomic E-state index is 13.0. The van der Waals surface area contributed by atoms with Gasteiger partial charge in [-0.1, -0.05) is 58.0 Å². The third-order valence-electron chi connectivity index (χ3n) is 8.13. The summed E-state index contributed by atoms with van der Waals surface area (Å²) in [4.78, 5) is 13.0. The third kappa shape index (κ3) is 3.27. The third-order valence-corrected chi connectivity index (χ3v) is 8.13. The maximum atomic E-state index is 13.0. The minimum absolute atomic E-state index is 0.0444. The summed E-state index contributed by atoms with van der Waals surface area (Å²) in [6, 6.07) is 12.0. The number of hydrogen-bond acceptors (Lipinski definition) is 4. The van der Waals surface area contributed by atoms with Crippen molar-refractivity contribution < 1.29 is 9.53 Å². The molecule has 1 heterocycles. The van der Waals surface area contributed by atoms with Gasteiger partial charge in [-0.05, 0) is 54.5 Å².